The van der Waals surface area contributed by atoms with E-state index >= 15 is 0 Å². The minimum atomic E-state index is 0.554. The lowest BCUT2D eigenvalue weighted by Crippen LogP contribution is -2.24. The van der Waals surface area contributed by atoms with Crippen molar-refractivity contribution in [2.24, 2.45) is 0 Å². The molecular weight excluding hydrogens is 346 g/mol. The number of rotatable bonds is 9. The predicted molar refractivity (Wildman–Crippen MR) is 113 cm³/mol. The third-order valence-electron chi connectivity index (χ3n) is 4.51. The zero-order chi connectivity index (χ0) is 19.6. The van der Waals surface area contributed by atoms with E-state index in [1.165, 1.54) is 11.1 Å². The first kappa shape index (κ1) is 19.4. The predicted octanol–water partition coefficient (Wildman–Crippen LogP) is 5.45. The second-order valence-electron chi connectivity index (χ2n) is 6.68. The summed E-state index contributed by atoms with van der Waals surface area (Å²) in [5.74, 6) is 1.77. The second-order valence-corrected chi connectivity index (χ2v) is 6.68. The summed E-state index contributed by atoms with van der Waals surface area (Å²) in [6.45, 7) is 3.33. The van der Waals surface area contributed by atoms with Crippen molar-refractivity contribution >= 4 is 11.5 Å². The van der Waals surface area contributed by atoms with E-state index in [0.29, 0.717) is 19.6 Å². The summed E-state index contributed by atoms with van der Waals surface area (Å²) in [5.41, 5.74) is 3.51. The third-order valence-corrected chi connectivity index (χ3v) is 4.51. The number of hydrogen-bond donors (Lipinski definition) is 0. The Morgan fingerprint density at radius 3 is 2.54 bits per heavy atom. The van der Waals surface area contributed by atoms with Crippen molar-refractivity contribution < 1.29 is 4.74 Å². The smallest absolute Gasteiger partial charge is 0.133 e. The van der Waals surface area contributed by atoms with Crippen molar-refractivity contribution in [3.05, 3.63) is 84.1 Å². The second kappa shape index (κ2) is 10.1. The van der Waals surface area contributed by atoms with E-state index in [0.717, 1.165) is 30.1 Å². The maximum Gasteiger partial charge on any atom is 0.133 e. The van der Waals surface area contributed by atoms with E-state index in [4.69, 9.17) is 10.00 Å². The molecule has 0 bridgehead atoms. The highest BCUT2D eigenvalue weighted by molar-refractivity contribution is 5.60. The monoisotopic (exact) mass is 371 g/mol. The van der Waals surface area contributed by atoms with Gasteiger partial charge in [-0.25, -0.2) is 4.98 Å². The molecular formula is C24H25N3O. The van der Waals surface area contributed by atoms with Gasteiger partial charge in [0.05, 0.1) is 12.6 Å². The maximum absolute atomic E-state index is 8.63. The number of hydrogen-bond acceptors (Lipinski definition) is 4. The van der Waals surface area contributed by atoms with E-state index < -0.39 is 0 Å². The van der Waals surface area contributed by atoms with Crippen molar-refractivity contribution in [1.82, 2.24) is 4.98 Å². The molecule has 0 fully saturated rings. The van der Waals surface area contributed by atoms with Gasteiger partial charge in [0.25, 0.3) is 0 Å². The summed E-state index contributed by atoms with van der Waals surface area (Å²) in [6, 6.07) is 24.7. The van der Waals surface area contributed by atoms with Gasteiger partial charge < -0.3 is 9.64 Å². The molecule has 1 aromatic heterocycles. The van der Waals surface area contributed by atoms with Crippen molar-refractivity contribution in [2.75, 3.05) is 18.1 Å². The fraction of sp³-hybridized carbons (Fsp3) is 0.250. The summed E-state index contributed by atoms with van der Waals surface area (Å²) in [4.78, 5) is 6.71. The number of ether oxygens (including phenoxy) is 1. The summed E-state index contributed by atoms with van der Waals surface area (Å²) in [5, 5.41) is 8.63. The highest BCUT2D eigenvalue weighted by Crippen LogP contribution is 2.23. The molecule has 0 saturated carbocycles. The minimum absolute atomic E-state index is 0.554. The summed E-state index contributed by atoms with van der Waals surface area (Å²) in [6.07, 6.45) is 4.26. The van der Waals surface area contributed by atoms with Crippen LogP contribution in [0.1, 0.15) is 24.0 Å². The van der Waals surface area contributed by atoms with Crippen LogP contribution in [0.25, 0.3) is 0 Å². The number of aromatic nitrogens is 1. The van der Waals surface area contributed by atoms with Crippen LogP contribution in [0.4, 0.5) is 11.5 Å². The number of para-hydroxylation sites is 1. The molecule has 0 amide bonds. The van der Waals surface area contributed by atoms with Crippen molar-refractivity contribution in [1.29, 1.82) is 5.26 Å². The van der Waals surface area contributed by atoms with Crippen LogP contribution in [-0.2, 0) is 6.42 Å². The molecule has 0 unspecified atom stereocenters. The van der Waals surface area contributed by atoms with Gasteiger partial charge in [-0.3, -0.25) is 0 Å². The van der Waals surface area contributed by atoms with Crippen LogP contribution in [0.2, 0.25) is 0 Å². The molecule has 0 radical (unpaired) electrons. The quantitative estimate of drug-likeness (QED) is 0.469. The molecule has 0 atom stereocenters. The highest BCUT2D eigenvalue weighted by atomic mass is 16.5. The lowest BCUT2D eigenvalue weighted by molar-refractivity contribution is 0.327. The standard InChI is InChI=1S/C24H25N3O/c1-20-14-16-26-24(19-20)27(22-8-3-2-4-9-22)17-18-28-23-12-10-21(11-13-23)7-5-6-15-25/h2-4,8-14,16,19H,5-7,17-18H2,1H3. The molecule has 0 aliphatic heterocycles. The number of aryl methyl sites for hydroxylation is 2. The molecule has 1 heterocycles. The number of nitriles is 1. The fourth-order valence-electron chi connectivity index (χ4n) is 3.03. The molecule has 4 nitrogen and oxygen atoms in total. The Hall–Kier alpha value is -3.32. The lowest BCUT2D eigenvalue weighted by Gasteiger charge is -2.24. The maximum atomic E-state index is 8.63. The van der Waals surface area contributed by atoms with E-state index in [1.807, 2.05) is 42.6 Å². The van der Waals surface area contributed by atoms with Crippen LogP contribution in [0, 0.1) is 18.3 Å². The van der Waals surface area contributed by atoms with Gasteiger partial charge >= 0.3 is 0 Å². The Morgan fingerprint density at radius 2 is 1.82 bits per heavy atom. The molecule has 0 saturated heterocycles. The Balaban J connectivity index is 1.62. The van der Waals surface area contributed by atoms with Crippen molar-refractivity contribution in [3.63, 3.8) is 0 Å². The summed E-state index contributed by atoms with van der Waals surface area (Å²) < 4.78 is 5.97. The average molecular weight is 371 g/mol. The summed E-state index contributed by atoms with van der Waals surface area (Å²) in [7, 11) is 0. The first-order valence-corrected chi connectivity index (χ1v) is 9.60. The Labute approximate surface area is 167 Å². The molecule has 2 aromatic carbocycles. The summed E-state index contributed by atoms with van der Waals surface area (Å²) >= 11 is 0. The van der Waals surface area contributed by atoms with Crippen molar-refractivity contribution in [2.45, 2.75) is 26.2 Å². The fourth-order valence-corrected chi connectivity index (χ4v) is 3.03. The molecule has 0 N–H and O–H groups in total. The first-order valence-electron chi connectivity index (χ1n) is 9.60. The molecule has 3 rings (SSSR count). The van der Waals surface area contributed by atoms with Gasteiger partial charge in [0, 0.05) is 18.3 Å². The SMILES string of the molecule is Cc1ccnc(N(CCOc2ccc(CCCC#N)cc2)c2ccccc2)c1. The number of benzene rings is 2. The Kier molecular flexibility index (Phi) is 7.03. The molecule has 0 aliphatic rings. The van der Waals surface area contributed by atoms with Crippen LogP contribution in [0.15, 0.2) is 72.9 Å². The number of anilines is 2. The van der Waals surface area contributed by atoms with Crippen LogP contribution >= 0.6 is 0 Å². The molecule has 28 heavy (non-hydrogen) atoms. The number of nitrogens with zero attached hydrogens (tertiary/aromatic N) is 3. The van der Waals surface area contributed by atoms with Crippen LogP contribution < -0.4 is 9.64 Å². The normalized spacial score (nSPS) is 10.3. The van der Waals surface area contributed by atoms with Crippen LogP contribution in [0.3, 0.4) is 0 Å². The molecule has 0 spiro atoms. The van der Waals surface area contributed by atoms with E-state index in [-0.39, 0.29) is 0 Å². The molecule has 0 aliphatic carbocycles. The molecule has 142 valence electrons. The molecule has 3 aromatic rings. The minimum Gasteiger partial charge on any atom is -0.492 e. The Morgan fingerprint density at radius 1 is 1.04 bits per heavy atom. The van der Waals surface area contributed by atoms with Crippen LogP contribution in [0.5, 0.6) is 5.75 Å². The lowest BCUT2D eigenvalue weighted by atomic mass is 10.1. The van der Waals surface area contributed by atoms with Gasteiger partial charge in [0.15, 0.2) is 0 Å². The van der Waals surface area contributed by atoms with Gasteiger partial charge in [-0.15, -0.1) is 0 Å². The number of unbranched alkanes of at least 4 members (excludes halogenated alkanes) is 1. The zero-order valence-electron chi connectivity index (χ0n) is 16.2. The zero-order valence-corrected chi connectivity index (χ0v) is 16.2. The van der Waals surface area contributed by atoms with Gasteiger partial charge in [0.1, 0.15) is 18.2 Å². The van der Waals surface area contributed by atoms with E-state index in [2.05, 4.69) is 53.2 Å². The Bertz CT molecular complexity index is 901. The highest BCUT2D eigenvalue weighted by Gasteiger charge is 2.11. The van der Waals surface area contributed by atoms with Crippen LogP contribution in [-0.4, -0.2) is 18.1 Å². The third kappa shape index (κ3) is 5.59. The number of pyridine rings is 1. The first-order chi connectivity index (χ1) is 13.8. The topological polar surface area (TPSA) is 49.2 Å². The molecule has 4 heteroatoms. The largest absolute Gasteiger partial charge is 0.492 e. The van der Waals surface area contributed by atoms with Gasteiger partial charge in [-0.05, 0) is 67.3 Å². The van der Waals surface area contributed by atoms with Gasteiger partial charge in [-0.2, -0.15) is 5.26 Å². The van der Waals surface area contributed by atoms with Gasteiger partial charge in [-0.1, -0.05) is 30.3 Å². The average Bonchev–Trinajstić information content (AvgIpc) is 2.73. The van der Waals surface area contributed by atoms with Crippen molar-refractivity contribution in [3.8, 4) is 11.8 Å². The van der Waals surface area contributed by atoms with Gasteiger partial charge in [0.2, 0.25) is 0 Å². The van der Waals surface area contributed by atoms with E-state index in [9.17, 15) is 0 Å². The van der Waals surface area contributed by atoms with E-state index in [1.54, 1.807) is 0 Å².